The van der Waals surface area contributed by atoms with Gasteiger partial charge in [0.1, 0.15) is 11.2 Å². The van der Waals surface area contributed by atoms with Gasteiger partial charge in [-0.05, 0) is 24.3 Å². The lowest BCUT2D eigenvalue weighted by atomic mass is 10.4. The summed E-state index contributed by atoms with van der Waals surface area (Å²) in [6, 6.07) is 9.37. The van der Waals surface area contributed by atoms with Crippen molar-refractivity contribution in [2.45, 2.75) is 4.84 Å². The number of benzene rings is 1. The molecule has 2 aromatic rings. The predicted molar refractivity (Wildman–Crippen MR) is 48.5 cm³/mol. The number of nitrogens with zero attached hydrogens (tertiary/aromatic N) is 1. The Bertz CT molecular complexity index is 318. The molecule has 0 aliphatic heterocycles. The van der Waals surface area contributed by atoms with E-state index in [1.54, 1.807) is 6.07 Å². The molecule has 2 bridgehead atoms. The fourth-order valence-corrected chi connectivity index (χ4v) is 0.712. The zero-order valence-corrected chi connectivity index (χ0v) is 7.51. The number of fused-ring (bicyclic) bond motifs is 2. The first-order valence-corrected chi connectivity index (χ1v) is 4.05. The summed E-state index contributed by atoms with van der Waals surface area (Å²) in [7, 11) is 0. The average molecular weight is 202 g/mol. The SMILES string of the molecule is N#CC(Cl)Cl.c1cc2ccc1o2. The summed E-state index contributed by atoms with van der Waals surface area (Å²) < 4.78 is 5.08. The molecule has 0 fully saturated rings. The lowest BCUT2D eigenvalue weighted by Crippen LogP contribution is -1.70. The Hall–Kier alpha value is -0.910. The molecule has 0 unspecified atom stereocenters. The van der Waals surface area contributed by atoms with Crippen LogP contribution in [0, 0.1) is 11.3 Å². The van der Waals surface area contributed by atoms with E-state index in [0.717, 1.165) is 11.2 Å². The van der Waals surface area contributed by atoms with Crippen LogP contribution >= 0.6 is 23.2 Å². The molecule has 0 radical (unpaired) electrons. The van der Waals surface area contributed by atoms with E-state index in [-0.39, 0.29) is 0 Å². The highest BCUT2D eigenvalue weighted by Crippen LogP contribution is 2.13. The molecule has 0 aliphatic rings. The summed E-state index contributed by atoms with van der Waals surface area (Å²) in [6.07, 6.45) is 0. The minimum atomic E-state index is -0.866. The molecule has 0 aliphatic carbocycles. The van der Waals surface area contributed by atoms with E-state index in [9.17, 15) is 0 Å². The maximum absolute atomic E-state index is 7.63. The summed E-state index contributed by atoms with van der Waals surface area (Å²) in [4.78, 5) is -0.866. The number of alkyl halides is 2. The quantitative estimate of drug-likeness (QED) is 0.615. The van der Waals surface area contributed by atoms with Crippen LogP contribution in [0.4, 0.5) is 0 Å². The summed E-state index contributed by atoms with van der Waals surface area (Å²) in [5.74, 6) is 0. The van der Waals surface area contributed by atoms with Gasteiger partial charge in [0.05, 0.1) is 6.07 Å². The number of furan rings is 2. The summed E-state index contributed by atoms with van der Waals surface area (Å²) in [5, 5.41) is 7.63. The van der Waals surface area contributed by atoms with Crippen molar-refractivity contribution in [3.8, 4) is 6.07 Å². The topological polar surface area (TPSA) is 36.9 Å². The molecule has 0 amide bonds. The Labute approximate surface area is 79.6 Å². The Morgan fingerprint density at radius 2 is 1.50 bits per heavy atom. The van der Waals surface area contributed by atoms with Crippen molar-refractivity contribution in [2.75, 3.05) is 0 Å². The Morgan fingerprint density at radius 1 is 1.17 bits per heavy atom. The molecule has 0 N–H and O–H groups in total. The van der Waals surface area contributed by atoms with Crippen molar-refractivity contribution in [3.05, 3.63) is 24.3 Å². The van der Waals surface area contributed by atoms with Crippen LogP contribution in [0.5, 0.6) is 0 Å². The van der Waals surface area contributed by atoms with Gasteiger partial charge in [0, 0.05) is 0 Å². The molecular formula is C8H5Cl2NO. The molecule has 0 spiro atoms. The van der Waals surface area contributed by atoms with Crippen LogP contribution in [0.1, 0.15) is 0 Å². The zero-order chi connectivity index (χ0) is 8.97. The van der Waals surface area contributed by atoms with E-state index < -0.39 is 4.84 Å². The summed E-state index contributed by atoms with van der Waals surface area (Å²) in [6.45, 7) is 0. The highest BCUT2D eigenvalue weighted by atomic mass is 35.5. The second-order valence-corrected chi connectivity index (χ2v) is 3.10. The van der Waals surface area contributed by atoms with Crippen LogP contribution in [0.15, 0.2) is 28.7 Å². The average Bonchev–Trinajstić information content (AvgIpc) is 2.67. The molecule has 0 atom stereocenters. The summed E-state index contributed by atoms with van der Waals surface area (Å²) >= 11 is 9.73. The summed E-state index contributed by atoms with van der Waals surface area (Å²) in [5.41, 5.74) is 1.94. The molecule has 0 aromatic carbocycles. The third kappa shape index (κ3) is 2.61. The van der Waals surface area contributed by atoms with Gasteiger partial charge in [0.2, 0.25) is 0 Å². The van der Waals surface area contributed by atoms with Crippen LogP contribution in [0.25, 0.3) is 11.2 Å². The minimum Gasteiger partial charge on any atom is -0.457 e. The van der Waals surface area contributed by atoms with Crippen molar-refractivity contribution >= 4 is 34.4 Å². The van der Waals surface area contributed by atoms with E-state index in [0.29, 0.717) is 0 Å². The molecule has 2 nitrogen and oxygen atoms in total. The first-order valence-electron chi connectivity index (χ1n) is 3.18. The van der Waals surface area contributed by atoms with Crippen molar-refractivity contribution in [2.24, 2.45) is 0 Å². The van der Waals surface area contributed by atoms with Crippen molar-refractivity contribution in [1.29, 1.82) is 5.26 Å². The molecular weight excluding hydrogens is 197 g/mol. The highest BCUT2D eigenvalue weighted by Gasteiger charge is 1.91. The molecule has 4 heteroatoms. The molecule has 12 heavy (non-hydrogen) atoms. The number of hydrogen-bond donors (Lipinski definition) is 0. The van der Waals surface area contributed by atoms with Crippen LogP contribution in [-0.2, 0) is 0 Å². The van der Waals surface area contributed by atoms with E-state index in [2.05, 4.69) is 0 Å². The van der Waals surface area contributed by atoms with Gasteiger partial charge >= 0.3 is 0 Å². The van der Waals surface area contributed by atoms with Gasteiger partial charge in [-0.3, -0.25) is 0 Å². The highest BCUT2D eigenvalue weighted by molar-refractivity contribution is 6.46. The predicted octanol–water partition coefficient (Wildman–Crippen LogP) is 3.18. The Kier molecular flexibility index (Phi) is 3.21. The minimum absolute atomic E-state index is 0.866. The smallest absolute Gasteiger partial charge is 0.193 e. The molecule has 62 valence electrons. The lowest BCUT2D eigenvalue weighted by molar-refractivity contribution is 0.675. The van der Waals surface area contributed by atoms with Crippen molar-refractivity contribution in [3.63, 3.8) is 0 Å². The monoisotopic (exact) mass is 201 g/mol. The van der Waals surface area contributed by atoms with E-state index in [4.69, 9.17) is 32.9 Å². The molecule has 2 rings (SSSR count). The first-order chi connectivity index (χ1) is 5.72. The largest absolute Gasteiger partial charge is 0.457 e. The van der Waals surface area contributed by atoms with Crippen LogP contribution in [0.3, 0.4) is 0 Å². The zero-order valence-electron chi connectivity index (χ0n) is 6.00. The Balaban J connectivity index is 0.000000130. The van der Waals surface area contributed by atoms with Crippen LogP contribution in [0.2, 0.25) is 0 Å². The Morgan fingerprint density at radius 3 is 1.58 bits per heavy atom. The number of nitriles is 1. The standard InChI is InChI=1S/C6H4O.C2HCl2N/c1-2-6-4-3-5(1)7-6;3-2(4)1-5/h1-4H;2H. The van der Waals surface area contributed by atoms with E-state index in [1.165, 1.54) is 0 Å². The van der Waals surface area contributed by atoms with Gasteiger partial charge in [-0.2, -0.15) is 5.26 Å². The van der Waals surface area contributed by atoms with Gasteiger partial charge < -0.3 is 4.42 Å². The van der Waals surface area contributed by atoms with E-state index in [1.807, 2.05) is 24.3 Å². The lowest BCUT2D eigenvalue weighted by Gasteiger charge is -1.69. The molecule has 2 heterocycles. The second-order valence-electron chi connectivity index (χ2n) is 2.00. The third-order valence-corrected chi connectivity index (χ3v) is 1.35. The number of halogens is 2. The van der Waals surface area contributed by atoms with Crippen molar-refractivity contribution < 1.29 is 4.42 Å². The van der Waals surface area contributed by atoms with Gasteiger partial charge in [-0.1, -0.05) is 23.2 Å². The van der Waals surface area contributed by atoms with Gasteiger partial charge in [0.25, 0.3) is 0 Å². The third-order valence-electron chi connectivity index (χ3n) is 1.16. The van der Waals surface area contributed by atoms with Gasteiger partial charge in [-0.15, -0.1) is 0 Å². The molecule has 0 saturated carbocycles. The van der Waals surface area contributed by atoms with Gasteiger partial charge in [-0.25, -0.2) is 0 Å². The fraction of sp³-hybridized carbons (Fsp3) is 0.125. The van der Waals surface area contributed by atoms with E-state index >= 15 is 0 Å². The van der Waals surface area contributed by atoms with Crippen LogP contribution < -0.4 is 0 Å². The molecule has 2 aromatic heterocycles. The number of rotatable bonds is 0. The van der Waals surface area contributed by atoms with Crippen LogP contribution in [-0.4, -0.2) is 4.84 Å². The first kappa shape index (κ1) is 9.18. The number of hydrogen-bond acceptors (Lipinski definition) is 2. The normalized spacial score (nSPS) is 9.50. The van der Waals surface area contributed by atoms with Gasteiger partial charge in [0.15, 0.2) is 4.84 Å². The fourth-order valence-electron chi connectivity index (χ4n) is 0.712. The second kappa shape index (κ2) is 4.20. The van der Waals surface area contributed by atoms with Crippen molar-refractivity contribution in [1.82, 2.24) is 0 Å². The maximum atomic E-state index is 7.63. The molecule has 0 saturated heterocycles. The maximum Gasteiger partial charge on any atom is 0.193 e.